The Kier molecular flexibility index (Phi) is 4.97. The van der Waals surface area contributed by atoms with Gasteiger partial charge in [-0.25, -0.2) is 0 Å². The van der Waals surface area contributed by atoms with Crippen LogP contribution in [0, 0.1) is 5.41 Å². The van der Waals surface area contributed by atoms with E-state index >= 15 is 0 Å². The van der Waals surface area contributed by atoms with Crippen molar-refractivity contribution >= 4 is 28.5 Å². The molecule has 0 saturated carbocycles. The van der Waals surface area contributed by atoms with Crippen LogP contribution >= 0.6 is 11.6 Å². The number of phenolic OH excluding ortho intramolecular Hbond substituents is 1. The van der Waals surface area contributed by atoms with E-state index in [9.17, 15) is 9.90 Å². The summed E-state index contributed by atoms with van der Waals surface area (Å²) < 4.78 is 4.94. The highest BCUT2D eigenvalue weighted by molar-refractivity contribution is 6.30. The van der Waals surface area contributed by atoms with E-state index in [-0.39, 0.29) is 11.7 Å². The van der Waals surface area contributed by atoms with E-state index in [0.29, 0.717) is 17.9 Å². The van der Waals surface area contributed by atoms with Gasteiger partial charge >= 0.3 is 5.97 Å². The Balaban J connectivity index is 2.07. The normalized spacial score (nSPS) is 11.7. The number of ether oxygens (including phenoxy) is 1. The Morgan fingerprint density at radius 2 is 1.88 bits per heavy atom. The Bertz CT molecular complexity index is 942. The van der Waals surface area contributed by atoms with Gasteiger partial charge in [0.2, 0.25) is 0 Å². The highest BCUT2D eigenvalue weighted by Crippen LogP contribution is 2.32. The minimum absolute atomic E-state index is 0.215. The Morgan fingerprint density at radius 3 is 2.54 bits per heavy atom. The van der Waals surface area contributed by atoms with Crippen LogP contribution in [0.2, 0.25) is 5.02 Å². The fourth-order valence-corrected chi connectivity index (χ4v) is 3.37. The van der Waals surface area contributed by atoms with Gasteiger partial charge in [-0.05, 0) is 61.7 Å². The van der Waals surface area contributed by atoms with Gasteiger partial charge in [0.05, 0.1) is 12.5 Å². The summed E-state index contributed by atoms with van der Waals surface area (Å²) in [5.74, 6) is -0.0379. The monoisotopic (exact) mass is 371 g/mol. The van der Waals surface area contributed by atoms with Crippen molar-refractivity contribution in [1.29, 1.82) is 0 Å². The van der Waals surface area contributed by atoms with E-state index in [1.807, 2.05) is 44.2 Å². The van der Waals surface area contributed by atoms with Gasteiger partial charge in [-0.15, -0.1) is 0 Å². The van der Waals surface area contributed by atoms with E-state index in [0.717, 1.165) is 27.7 Å². The average molecular weight is 372 g/mol. The van der Waals surface area contributed by atoms with Crippen LogP contribution in [0.3, 0.4) is 0 Å². The molecule has 0 spiro atoms. The molecule has 2 N–H and O–H groups in total. The number of esters is 1. The van der Waals surface area contributed by atoms with Crippen LogP contribution in [0.25, 0.3) is 10.9 Å². The predicted molar refractivity (Wildman–Crippen MR) is 104 cm³/mol. The number of carbonyl (C=O) groups is 1. The third-order valence-corrected chi connectivity index (χ3v) is 4.88. The minimum atomic E-state index is -0.660. The number of H-pyrrole nitrogens is 1. The predicted octanol–water partition coefficient (Wildman–Crippen LogP) is 4.86. The number of hydrogen-bond acceptors (Lipinski definition) is 3. The van der Waals surface area contributed by atoms with Gasteiger partial charge in [-0.3, -0.25) is 4.79 Å². The molecule has 0 amide bonds. The van der Waals surface area contributed by atoms with E-state index in [1.54, 1.807) is 12.1 Å². The summed E-state index contributed by atoms with van der Waals surface area (Å²) in [4.78, 5) is 15.5. The molecule has 26 heavy (non-hydrogen) atoms. The number of aromatic nitrogens is 1. The molecule has 0 saturated heterocycles. The maximum Gasteiger partial charge on any atom is 0.311 e. The van der Waals surface area contributed by atoms with Gasteiger partial charge in [0.15, 0.2) is 0 Å². The zero-order chi connectivity index (χ0) is 18.9. The molecule has 0 aliphatic rings. The minimum Gasteiger partial charge on any atom is -0.508 e. The van der Waals surface area contributed by atoms with Crippen LogP contribution in [0.1, 0.15) is 30.7 Å². The van der Waals surface area contributed by atoms with Crippen molar-refractivity contribution in [2.45, 2.75) is 26.7 Å². The number of hydrogen-bond donors (Lipinski definition) is 2. The third kappa shape index (κ3) is 3.70. The first-order valence-corrected chi connectivity index (χ1v) is 8.83. The molecule has 0 bridgehead atoms. The van der Waals surface area contributed by atoms with Crippen LogP contribution in [0.4, 0.5) is 0 Å². The summed E-state index contributed by atoms with van der Waals surface area (Å²) in [6.45, 7) is 3.74. The summed E-state index contributed by atoms with van der Waals surface area (Å²) in [5, 5.41) is 11.6. The number of benzene rings is 2. The topological polar surface area (TPSA) is 62.3 Å². The number of rotatable bonds is 5. The molecule has 2 aromatic carbocycles. The maximum atomic E-state index is 12.1. The molecule has 0 aliphatic carbocycles. The molecule has 3 rings (SSSR count). The standard InChI is InChI=1S/C21H22ClNO3/c1-21(2,20(25)26-3)12-19-16(10-13-4-6-14(22)7-5-13)17-11-15(24)8-9-18(17)23-19/h4-9,11,23-24H,10,12H2,1-3H3. The molecule has 0 fully saturated rings. The number of phenols is 1. The number of fused-ring (bicyclic) bond motifs is 1. The van der Waals surface area contributed by atoms with E-state index in [1.165, 1.54) is 7.11 Å². The van der Waals surface area contributed by atoms with Crippen LogP contribution in [-0.2, 0) is 22.4 Å². The molecule has 136 valence electrons. The largest absolute Gasteiger partial charge is 0.508 e. The Labute approximate surface area is 157 Å². The Hall–Kier alpha value is -2.46. The third-order valence-electron chi connectivity index (χ3n) is 4.63. The number of carbonyl (C=O) groups excluding carboxylic acids is 1. The second-order valence-corrected chi connectivity index (χ2v) is 7.60. The molecular weight excluding hydrogens is 350 g/mol. The SMILES string of the molecule is COC(=O)C(C)(C)Cc1[nH]c2ccc(O)cc2c1Cc1ccc(Cl)cc1. The van der Waals surface area contributed by atoms with Crippen LogP contribution in [0.5, 0.6) is 5.75 Å². The molecule has 4 nitrogen and oxygen atoms in total. The summed E-state index contributed by atoms with van der Waals surface area (Å²) in [6, 6.07) is 13.0. The van der Waals surface area contributed by atoms with Crippen LogP contribution in [-0.4, -0.2) is 23.2 Å². The van der Waals surface area contributed by atoms with E-state index in [4.69, 9.17) is 16.3 Å². The molecule has 0 aliphatic heterocycles. The first kappa shape index (κ1) is 18.3. The van der Waals surface area contributed by atoms with Crippen molar-refractivity contribution in [3.05, 3.63) is 64.3 Å². The van der Waals surface area contributed by atoms with Gasteiger partial charge < -0.3 is 14.8 Å². The molecule has 5 heteroatoms. The fourth-order valence-electron chi connectivity index (χ4n) is 3.24. The first-order chi connectivity index (χ1) is 12.3. The van der Waals surface area contributed by atoms with Crippen molar-refractivity contribution in [2.24, 2.45) is 5.41 Å². The number of aromatic hydroxyl groups is 1. The van der Waals surface area contributed by atoms with Crippen molar-refractivity contribution < 1.29 is 14.6 Å². The number of nitrogens with one attached hydrogen (secondary N) is 1. The molecule has 0 atom stereocenters. The highest BCUT2D eigenvalue weighted by Gasteiger charge is 2.31. The first-order valence-electron chi connectivity index (χ1n) is 8.45. The molecular formula is C21H22ClNO3. The van der Waals surface area contributed by atoms with Crippen LogP contribution < -0.4 is 0 Å². The lowest BCUT2D eigenvalue weighted by atomic mass is 9.86. The van der Waals surface area contributed by atoms with Gasteiger partial charge in [0, 0.05) is 28.0 Å². The smallest absolute Gasteiger partial charge is 0.311 e. The average Bonchev–Trinajstić information content (AvgIpc) is 2.92. The summed E-state index contributed by atoms with van der Waals surface area (Å²) in [6.07, 6.45) is 1.19. The lowest BCUT2D eigenvalue weighted by molar-refractivity contribution is -0.150. The number of halogens is 1. The quantitative estimate of drug-likeness (QED) is 0.629. The maximum absolute atomic E-state index is 12.1. The highest BCUT2D eigenvalue weighted by atomic mass is 35.5. The molecule has 0 radical (unpaired) electrons. The summed E-state index contributed by atoms with van der Waals surface area (Å²) in [5.41, 5.74) is 3.41. The fraction of sp³-hybridized carbons (Fsp3) is 0.286. The second-order valence-electron chi connectivity index (χ2n) is 7.17. The van der Waals surface area contributed by atoms with Gasteiger partial charge in [-0.1, -0.05) is 23.7 Å². The Morgan fingerprint density at radius 1 is 1.19 bits per heavy atom. The van der Waals surface area contributed by atoms with Crippen molar-refractivity contribution in [3.63, 3.8) is 0 Å². The van der Waals surface area contributed by atoms with Crippen LogP contribution in [0.15, 0.2) is 42.5 Å². The summed E-state index contributed by atoms with van der Waals surface area (Å²) >= 11 is 5.99. The van der Waals surface area contributed by atoms with E-state index in [2.05, 4.69) is 4.98 Å². The van der Waals surface area contributed by atoms with Gasteiger partial charge in [0.25, 0.3) is 0 Å². The lowest BCUT2D eigenvalue weighted by Crippen LogP contribution is -2.28. The van der Waals surface area contributed by atoms with Crippen molar-refractivity contribution in [3.8, 4) is 5.75 Å². The zero-order valence-electron chi connectivity index (χ0n) is 15.1. The molecule has 1 heterocycles. The molecule has 1 aromatic heterocycles. The summed E-state index contributed by atoms with van der Waals surface area (Å²) in [7, 11) is 1.40. The molecule has 3 aromatic rings. The lowest BCUT2D eigenvalue weighted by Gasteiger charge is -2.21. The van der Waals surface area contributed by atoms with Crippen molar-refractivity contribution in [2.75, 3.05) is 7.11 Å². The van der Waals surface area contributed by atoms with Gasteiger partial charge in [0.1, 0.15) is 5.75 Å². The van der Waals surface area contributed by atoms with E-state index < -0.39 is 5.41 Å². The molecule has 0 unspecified atom stereocenters. The number of methoxy groups -OCH3 is 1. The van der Waals surface area contributed by atoms with Gasteiger partial charge in [-0.2, -0.15) is 0 Å². The van der Waals surface area contributed by atoms with Crippen molar-refractivity contribution in [1.82, 2.24) is 4.98 Å². The number of aromatic amines is 1. The second kappa shape index (κ2) is 7.04. The zero-order valence-corrected chi connectivity index (χ0v) is 15.9.